The largest absolute Gasteiger partial charge is 0.478 e. The normalized spacial score (nSPS) is 11.4. The number of carboxylic acids is 1. The van der Waals surface area contributed by atoms with Gasteiger partial charge in [-0.15, -0.1) is 0 Å². The molecule has 2 aromatic rings. The van der Waals surface area contributed by atoms with Crippen LogP contribution in [0.15, 0.2) is 42.5 Å². The first-order valence-corrected chi connectivity index (χ1v) is 9.62. The Morgan fingerprint density at radius 2 is 1.70 bits per heavy atom. The summed E-state index contributed by atoms with van der Waals surface area (Å²) in [5.41, 5.74) is 3.06. The van der Waals surface area contributed by atoms with E-state index in [-0.39, 0.29) is 18.0 Å². The van der Waals surface area contributed by atoms with Crippen LogP contribution in [0.5, 0.6) is 0 Å². The lowest BCUT2D eigenvalue weighted by Gasteiger charge is -2.19. The minimum absolute atomic E-state index is 0.118. The molecule has 0 spiro atoms. The average molecular weight is 407 g/mol. The van der Waals surface area contributed by atoms with Gasteiger partial charge in [0, 0.05) is 5.56 Å². The Balaban J connectivity index is 2.19. The molecule has 0 saturated heterocycles. The van der Waals surface area contributed by atoms with Gasteiger partial charge in [-0.25, -0.2) is 4.79 Å². The first-order valence-electron chi connectivity index (χ1n) is 9.62. The van der Waals surface area contributed by atoms with Crippen molar-refractivity contribution in [3.8, 4) is 17.2 Å². The number of rotatable bonds is 8. The maximum Gasteiger partial charge on any atom is 0.335 e. The molecule has 7 heteroatoms. The molecule has 2 amide bonds. The highest BCUT2D eigenvalue weighted by Crippen LogP contribution is 2.25. The van der Waals surface area contributed by atoms with Crippen LogP contribution in [0.3, 0.4) is 0 Å². The first kappa shape index (κ1) is 22.6. The highest BCUT2D eigenvalue weighted by Gasteiger charge is 2.22. The molecule has 2 aromatic carbocycles. The van der Waals surface area contributed by atoms with Crippen LogP contribution >= 0.6 is 0 Å². The topological polar surface area (TPSA) is 119 Å². The number of nitriles is 1. The Bertz CT molecular complexity index is 975. The Morgan fingerprint density at radius 1 is 1.07 bits per heavy atom. The van der Waals surface area contributed by atoms with Crippen LogP contribution in [0, 0.1) is 24.2 Å². The van der Waals surface area contributed by atoms with Crippen molar-refractivity contribution in [1.82, 2.24) is 10.6 Å². The number of carbonyl (C=O) groups excluding carboxylic acids is 2. The number of carboxylic acid groups (broad SMARTS) is 1. The number of aryl methyl sites for hydroxylation is 1. The Kier molecular flexibility index (Phi) is 7.70. The second kappa shape index (κ2) is 10.2. The standard InChI is InChI=1S/C23H25N3O4/c1-14(2)12-20(22(28)25-11-10-24)26-21(27)17-8-6-16(7-9-17)19-13-18(23(29)30)5-4-15(19)3/h4-9,13-14,20H,11-12H2,1-3H3,(H,25,28)(H,26,27)(H,29,30)/t20-/m0/s1. The highest BCUT2D eigenvalue weighted by molar-refractivity contribution is 5.98. The summed E-state index contributed by atoms with van der Waals surface area (Å²) in [4.78, 5) is 36.1. The van der Waals surface area contributed by atoms with Gasteiger partial charge < -0.3 is 15.7 Å². The van der Waals surface area contributed by atoms with Crippen molar-refractivity contribution in [3.05, 3.63) is 59.2 Å². The van der Waals surface area contributed by atoms with E-state index < -0.39 is 23.8 Å². The maximum absolute atomic E-state index is 12.6. The average Bonchev–Trinajstić information content (AvgIpc) is 2.71. The monoisotopic (exact) mass is 407 g/mol. The number of aromatic carboxylic acids is 1. The van der Waals surface area contributed by atoms with Crippen LogP contribution in [-0.2, 0) is 4.79 Å². The van der Waals surface area contributed by atoms with Crippen molar-refractivity contribution >= 4 is 17.8 Å². The molecule has 0 aliphatic carbocycles. The number of hydrogen-bond acceptors (Lipinski definition) is 4. The molecule has 0 aliphatic rings. The molecular weight excluding hydrogens is 382 g/mol. The highest BCUT2D eigenvalue weighted by atomic mass is 16.4. The van der Waals surface area contributed by atoms with Gasteiger partial charge in [0.05, 0.1) is 11.6 Å². The molecule has 0 aromatic heterocycles. The predicted octanol–water partition coefficient (Wildman–Crippen LogP) is 3.14. The van der Waals surface area contributed by atoms with E-state index in [0.717, 1.165) is 16.7 Å². The van der Waals surface area contributed by atoms with Crippen LogP contribution in [0.2, 0.25) is 0 Å². The van der Waals surface area contributed by atoms with Crippen LogP contribution in [0.1, 0.15) is 46.5 Å². The van der Waals surface area contributed by atoms with Crippen molar-refractivity contribution in [1.29, 1.82) is 5.26 Å². The molecule has 0 saturated carbocycles. The molecule has 0 bridgehead atoms. The third-order valence-electron chi connectivity index (χ3n) is 4.61. The van der Waals surface area contributed by atoms with E-state index in [1.54, 1.807) is 42.5 Å². The van der Waals surface area contributed by atoms with E-state index in [0.29, 0.717) is 12.0 Å². The van der Waals surface area contributed by atoms with E-state index in [9.17, 15) is 19.5 Å². The van der Waals surface area contributed by atoms with Gasteiger partial charge >= 0.3 is 5.97 Å². The summed E-state index contributed by atoms with van der Waals surface area (Å²) in [6.45, 7) is 5.66. The smallest absolute Gasteiger partial charge is 0.335 e. The third-order valence-corrected chi connectivity index (χ3v) is 4.61. The number of nitrogens with one attached hydrogen (secondary N) is 2. The molecule has 0 fully saturated rings. The number of hydrogen-bond donors (Lipinski definition) is 3. The van der Waals surface area contributed by atoms with Gasteiger partial charge in [0.25, 0.3) is 5.91 Å². The first-order chi connectivity index (χ1) is 14.2. The quantitative estimate of drug-likeness (QED) is 0.581. The molecule has 1 atom stereocenters. The number of nitrogens with zero attached hydrogens (tertiary/aromatic N) is 1. The molecule has 156 valence electrons. The fourth-order valence-electron chi connectivity index (χ4n) is 3.06. The van der Waals surface area contributed by atoms with Gasteiger partial charge in [-0.1, -0.05) is 32.0 Å². The fourth-order valence-corrected chi connectivity index (χ4v) is 3.06. The van der Waals surface area contributed by atoms with Crippen LogP contribution < -0.4 is 10.6 Å². The number of amides is 2. The van der Waals surface area contributed by atoms with Gasteiger partial charge in [-0.3, -0.25) is 9.59 Å². The summed E-state index contributed by atoms with van der Waals surface area (Å²) in [6.07, 6.45) is 0.447. The molecular formula is C23H25N3O4. The van der Waals surface area contributed by atoms with Crippen molar-refractivity contribution in [2.75, 3.05) is 6.54 Å². The summed E-state index contributed by atoms with van der Waals surface area (Å²) in [5.74, 6) is -1.61. The number of carbonyl (C=O) groups is 3. The zero-order valence-corrected chi connectivity index (χ0v) is 17.2. The summed E-state index contributed by atoms with van der Waals surface area (Å²) in [6, 6.07) is 12.8. The summed E-state index contributed by atoms with van der Waals surface area (Å²) < 4.78 is 0. The second-order valence-corrected chi connectivity index (χ2v) is 7.44. The lowest BCUT2D eigenvalue weighted by Crippen LogP contribution is -2.47. The van der Waals surface area contributed by atoms with Crippen LogP contribution in [-0.4, -0.2) is 35.5 Å². The van der Waals surface area contributed by atoms with E-state index in [4.69, 9.17) is 5.26 Å². The van der Waals surface area contributed by atoms with Crippen LogP contribution in [0.4, 0.5) is 0 Å². The zero-order valence-electron chi connectivity index (χ0n) is 17.2. The van der Waals surface area contributed by atoms with Crippen molar-refractivity contribution < 1.29 is 19.5 Å². The van der Waals surface area contributed by atoms with Gasteiger partial charge in [0.15, 0.2) is 0 Å². The minimum Gasteiger partial charge on any atom is -0.478 e. The fraction of sp³-hybridized carbons (Fsp3) is 0.304. The van der Waals surface area contributed by atoms with E-state index >= 15 is 0 Å². The Labute approximate surface area is 175 Å². The lowest BCUT2D eigenvalue weighted by atomic mass is 9.97. The summed E-state index contributed by atoms with van der Waals surface area (Å²) >= 11 is 0. The van der Waals surface area contributed by atoms with Gasteiger partial charge in [0.2, 0.25) is 5.91 Å². The van der Waals surface area contributed by atoms with E-state index in [1.165, 1.54) is 0 Å². The lowest BCUT2D eigenvalue weighted by molar-refractivity contribution is -0.123. The second-order valence-electron chi connectivity index (χ2n) is 7.44. The molecule has 0 heterocycles. The Morgan fingerprint density at radius 3 is 2.27 bits per heavy atom. The minimum atomic E-state index is -1.00. The van der Waals surface area contributed by atoms with E-state index in [1.807, 2.05) is 26.8 Å². The molecule has 0 aliphatic heterocycles. The summed E-state index contributed by atoms with van der Waals surface area (Å²) in [7, 11) is 0. The molecule has 7 nitrogen and oxygen atoms in total. The zero-order chi connectivity index (χ0) is 22.3. The van der Waals surface area contributed by atoms with Gasteiger partial charge in [0.1, 0.15) is 12.6 Å². The van der Waals surface area contributed by atoms with E-state index in [2.05, 4.69) is 10.6 Å². The van der Waals surface area contributed by atoms with Crippen LogP contribution in [0.25, 0.3) is 11.1 Å². The van der Waals surface area contributed by atoms with Gasteiger partial charge in [-0.2, -0.15) is 5.26 Å². The molecule has 0 unspecified atom stereocenters. The van der Waals surface area contributed by atoms with Crippen molar-refractivity contribution in [2.45, 2.75) is 33.2 Å². The molecule has 30 heavy (non-hydrogen) atoms. The molecule has 0 radical (unpaired) electrons. The SMILES string of the molecule is Cc1ccc(C(=O)O)cc1-c1ccc(C(=O)N[C@@H](CC(C)C)C(=O)NCC#N)cc1. The third kappa shape index (κ3) is 5.92. The molecule has 2 rings (SSSR count). The predicted molar refractivity (Wildman–Crippen MR) is 113 cm³/mol. The number of benzene rings is 2. The van der Waals surface area contributed by atoms with Gasteiger partial charge in [-0.05, 0) is 60.2 Å². The molecule has 3 N–H and O–H groups in total. The maximum atomic E-state index is 12.6. The van der Waals surface area contributed by atoms with Crippen molar-refractivity contribution in [3.63, 3.8) is 0 Å². The van der Waals surface area contributed by atoms with Crippen molar-refractivity contribution in [2.24, 2.45) is 5.92 Å². The summed E-state index contributed by atoms with van der Waals surface area (Å²) in [5, 5.41) is 23.1. The Hall–Kier alpha value is -3.66.